The number of hydrogen-bond donors (Lipinski definition) is 0. The van der Waals surface area contributed by atoms with Crippen LogP contribution < -0.4 is 0 Å². The van der Waals surface area contributed by atoms with Crippen molar-refractivity contribution in [1.29, 1.82) is 0 Å². The number of hydrogen-bond acceptors (Lipinski definition) is 0. The van der Waals surface area contributed by atoms with E-state index in [1.54, 1.807) is 0 Å². The van der Waals surface area contributed by atoms with Crippen molar-refractivity contribution < 1.29 is 0 Å². The summed E-state index contributed by atoms with van der Waals surface area (Å²) in [5, 5.41) is 0. The molecule has 0 aromatic heterocycles. The first kappa shape index (κ1) is 14.5. The molecule has 0 bridgehead atoms. The third-order valence-electron chi connectivity index (χ3n) is 3.76. The Balaban J connectivity index is 2.28. The quantitative estimate of drug-likeness (QED) is 0.729. The molecule has 2 aromatic carbocycles. The molecule has 20 heavy (non-hydrogen) atoms. The predicted octanol–water partition coefficient (Wildman–Crippen LogP) is 4.00. The third-order valence-corrected chi connectivity index (χ3v) is 3.76. The van der Waals surface area contributed by atoms with E-state index < -0.39 is 0 Å². The molecule has 2 aromatic rings. The van der Waals surface area contributed by atoms with Crippen LogP contribution in [0.25, 0.3) is 5.57 Å². The van der Waals surface area contributed by atoms with Crippen LogP contribution in [-0.4, -0.2) is 13.0 Å². The maximum absolute atomic E-state index is 4.27. The van der Waals surface area contributed by atoms with Crippen LogP contribution in [-0.2, 0) is 6.42 Å². The van der Waals surface area contributed by atoms with Gasteiger partial charge in [-0.1, -0.05) is 0 Å². The van der Waals surface area contributed by atoms with Crippen LogP contribution in [0.4, 0.5) is 0 Å². The molecule has 2 rings (SSSR count). The minimum atomic E-state index is 0.880. The first-order valence-corrected chi connectivity index (χ1v) is 6.98. The maximum atomic E-state index is 4.27. The number of aryl methyl sites for hydroxylation is 2. The average Bonchev–Trinajstić information content (AvgIpc) is 2.43. The molecule has 0 fully saturated rings. The Morgan fingerprint density at radius 2 is 1.65 bits per heavy atom. The molecular formula is C19H21B. The molecule has 100 valence electrons. The first-order chi connectivity index (χ1) is 9.49. The zero-order chi connectivity index (χ0) is 14.7. The topological polar surface area (TPSA) is 0 Å². The molecule has 0 unspecified atom stereocenters. The second-order valence-electron chi connectivity index (χ2n) is 5.52. The molecule has 0 amide bonds. The van der Waals surface area contributed by atoms with Gasteiger partial charge in [-0.3, -0.25) is 0 Å². The van der Waals surface area contributed by atoms with E-state index in [-0.39, 0.29) is 0 Å². The molecule has 0 saturated carbocycles. The van der Waals surface area contributed by atoms with E-state index in [1.807, 2.05) is 6.92 Å². The van der Waals surface area contributed by atoms with Crippen LogP contribution in [0, 0.1) is 13.8 Å². The van der Waals surface area contributed by atoms with Crippen LogP contribution in [0.15, 0.2) is 49.0 Å². The second kappa shape index (κ2) is 6.05. The van der Waals surface area contributed by atoms with Gasteiger partial charge >= 0.3 is 123 Å². The molecule has 0 saturated heterocycles. The molecular weight excluding hydrogens is 239 g/mol. The van der Waals surface area contributed by atoms with Gasteiger partial charge in [-0.15, -0.1) is 0 Å². The Hall–Kier alpha value is -1.89. The van der Waals surface area contributed by atoms with Crippen molar-refractivity contribution in [3.05, 3.63) is 76.9 Å². The molecule has 0 radical (unpaired) electrons. The van der Waals surface area contributed by atoms with Gasteiger partial charge in [0.2, 0.25) is 0 Å². The summed E-state index contributed by atoms with van der Waals surface area (Å²) in [4.78, 5) is 0. The van der Waals surface area contributed by atoms with Crippen molar-refractivity contribution in [2.75, 3.05) is 0 Å². The summed E-state index contributed by atoms with van der Waals surface area (Å²) < 4.78 is 0. The summed E-state index contributed by atoms with van der Waals surface area (Å²) in [6.07, 6.45) is 0.880. The number of allylic oxidation sites excluding steroid dienone is 1. The van der Waals surface area contributed by atoms with E-state index >= 15 is 0 Å². The Morgan fingerprint density at radius 1 is 1.00 bits per heavy atom. The predicted molar refractivity (Wildman–Crippen MR) is 92.0 cm³/mol. The Bertz CT molecular complexity index is 665. The summed E-state index contributed by atoms with van der Waals surface area (Å²) in [5.41, 5.74) is 8.62. The zero-order valence-electron chi connectivity index (χ0n) is 12.7. The van der Waals surface area contributed by atoms with Gasteiger partial charge in [-0.25, -0.2) is 0 Å². The summed E-state index contributed by atoms with van der Waals surface area (Å²) in [6, 6.07) is 15.0. The van der Waals surface area contributed by atoms with Crippen LogP contribution in [0.3, 0.4) is 0 Å². The van der Waals surface area contributed by atoms with E-state index in [4.69, 9.17) is 0 Å². The van der Waals surface area contributed by atoms with Gasteiger partial charge in [0.05, 0.1) is 0 Å². The fourth-order valence-corrected chi connectivity index (χ4v) is 2.42. The Morgan fingerprint density at radius 3 is 2.25 bits per heavy atom. The summed E-state index contributed by atoms with van der Waals surface area (Å²) in [6.45, 7) is 10.6. The van der Waals surface area contributed by atoms with Crippen molar-refractivity contribution in [3.63, 3.8) is 0 Å². The molecule has 0 N–H and O–H groups in total. The van der Waals surface area contributed by atoms with Crippen molar-refractivity contribution in [3.8, 4) is 0 Å². The van der Waals surface area contributed by atoms with E-state index in [0.717, 1.165) is 17.5 Å². The fourth-order valence-electron chi connectivity index (χ4n) is 2.42. The standard InChI is InChI=1S/C19H21B/c1-13-9-10-17(11-14(13)2)12-15(3)18-7-5-6-8-19(18)16(4)20/h5-11,20H,3,12H2,1-2,4H3. The summed E-state index contributed by atoms with van der Waals surface area (Å²) in [5.74, 6) is 0. The molecule has 0 nitrogen and oxygen atoms in total. The SMILES string of the molecule is B=C(C)c1ccccc1C(=C)Cc1ccc(C)c(C)c1. The molecule has 0 atom stereocenters. The van der Waals surface area contributed by atoms with Gasteiger partial charge in [0.1, 0.15) is 0 Å². The van der Waals surface area contributed by atoms with Gasteiger partial charge in [-0.05, 0) is 0 Å². The minimum absolute atomic E-state index is 0.880. The molecule has 0 aliphatic heterocycles. The zero-order valence-corrected chi connectivity index (χ0v) is 12.7. The van der Waals surface area contributed by atoms with Crippen LogP contribution >= 0.6 is 0 Å². The van der Waals surface area contributed by atoms with Gasteiger partial charge in [-0.2, -0.15) is 0 Å². The number of rotatable bonds is 4. The fraction of sp³-hybridized carbons (Fsp3) is 0.211. The number of benzene rings is 2. The molecule has 0 heterocycles. The van der Waals surface area contributed by atoms with Gasteiger partial charge in [0.15, 0.2) is 0 Å². The molecule has 0 spiro atoms. The molecule has 0 aliphatic rings. The van der Waals surface area contributed by atoms with E-state index in [2.05, 4.69) is 70.4 Å². The molecule has 1 heteroatoms. The van der Waals surface area contributed by atoms with Crippen molar-refractivity contribution in [2.24, 2.45) is 0 Å². The summed E-state index contributed by atoms with van der Waals surface area (Å²) >= 11 is 0. The van der Waals surface area contributed by atoms with Crippen molar-refractivity contribution in [1.82, 2.24) is 0 Å². The monoisotopic (exact) mass is 260 g/mol. The first-order valence-electron chi connectivity index (χ1n) is 6.98. The van der Waals surface area contributed by atoms with Crippen LogP contribution in [0.1, 0.15) is 34.7 Å². The summed E-state index contributed by atoms with van der Waals surface area (Å²) in [7, 11) is 4.06. The Kier molecular flexibility index (Phi) is 4.39. The van der Waals surface area contributed by atoms with Gasteiger partial charge in [0, 0.05) is 0 Å². The van der Waals surface area contributed by atoms with E-state index in [0.29, 0.717) is 0 Å². The van der Waals surface area contributed by atoms with E-state index in [9.17, 15) is 0 Å². The van der Waals surface area contributed by atoms with E-state index in [1.165, 1.54) is 27.8 Å². The third kappa shape index (κ3) is 3.16. The Labute approximate surface area is 123 Å². The van der Waals surface area contributed by atoms with Crippen molar-refractivity contribution >= 4 is 18.5 Å². The average molecular weight is 260 g/mol. The second-order valence-corrected chi connectivity index (χ2v) is 5.52. The van der Waals surface area contributed by atoms with Gasteiger partial charge in [0.25, 0.3) is 0 Å². The van der Waals surface area contributed by atoms with Crippen LogP contribution in [0.5, 0.6) is 0 Å². The van der Waals surface area contributed by atoms with Crippen molar-refractivity contribution in [2.45, 2.75) is 27.2 Å². The molecule has 0 aliphatic carbocycles. The van der Waals surface area contributed by atoms with Gasteiger partial charge < -0.3 is 0 Å². The normalized spacial score (nSPS) is 10.3. The van der Waals surface area contributed by atoms with Crippen LogP contribution in [0.2, 0.25) is 0 Å².